The van der Waals surface area contributed by atoms with Gasteiger partial charge in [-0.3, -0.25) is 0 Å². The molecular weight excluding hydrogens is 336 g/mol. The maximum Gasteiger partial charge on any atom is 0.209 e. The van der Waals surface area contributed by atoms with Crippen molar-refractivity contribution >= 4 is 10.0 Å². The predicted octanol–water partition coefficient (Wildman–Crippen LogP) is 2.04. The predicted molar refractivity (Wildman–Crippen MR) is 99.4 cm³/mol. The van der Waals surface area contributed by atoms with Crippen LogP contribution in [0.25, 0.3) is 0 Å². The largest absolute Gasteiger partial charge is 0.492 e. The van der Waals surface area contributed by atoms with Gasteiger partial charge in [-0.25, -0.2) is 13.1 Å². The monoisotopic (exact) mass is 360 g/mol. The number of sulfonamides is 1. The van der Waals surface area contributed by atoms with Crippen molar-refractivity contribution in [1.82, 2.24) is 10.0 Å². The fraction of sp³-hybridized carbons (Fsp3) is 0.368. The summed E-state index contributed by atoms with van der Waals surface area (Å²) in [5, 5.41) is 3.35. The minimum Gasteiger partial charge on any atom is -0.492 e. The average Bonchev–Trinajstić information content (AvgIpc) is 2.60. The highest BCUT2D eigenvalue weighted by Gasteiger charge is 2.30. The molecule has 0 unspecified atom stereocenters. The number of nitrogens with one attached hydrogen (secondary N) is 2. The number of hydrogen-bond acceptors (Lipinski definition) is 4. The molecule has 5 nitrogen and oxygen atoms in total. The third kappa shape index (κ3) is 4.60. The van der Waals surface area contributed by atoms with E-state index in [-0.39, 0.29) is 18.5 Å². The SMILES string of the molecule is CN[C@H]1COc2ccc(CNS(C)(=O)=O)cc2[C@@H]1Cc1ccccc1. The van der Waals surface area contributed by atoms with E-state index < -0.39 is 10.0 Å². The van der Waals surface area contributed by atoms with E-state index in [1.165, 1.54) is 11.8 Å². The van der Waals surface area contributed by atoms with Crippen LogP contribution in [0.15, 0.2) is 48.5 Å². The Morgan fingerprint density at radius 2 is 1.88 bits per heavy atom. The molecule has 0 amide bonds. The standard InChI is InChI=1S/C19H24N2O3S/c1-20-18-13-24-19-9-8-15(12-21-25(2,22)23)11-17(19)16(18)10-14-6-4-3-5-7-14/h3-9,11,16,18,20-21H,10,12-13H2,1-2H3/t16-,18-/m0/s1. The Balaban J connectivity index is 1.89. The van der Waals surface area contributed by atoms with Gasteiger partial charge in [0.05, 0.1) is 6.26 Å². The Labute approximate surface area is 149 Å². The van der Waals surface area contributed by atoms with Crippen LogP contribution in [-0.2, 0) is 23.0 Å². The summed E-state index contributed by atoms with van der Waals surface area (Å²) in [6.07, 6.45) is 2.08. The highest BCUT2D eigenvalue weighted by molar-refractivity contribution is 7.88. The van der Waals surface area contributed by atoms with Crippen LogP contribution in [0.4, 0.5) is 0 Å². The van der Waals surface area contributed by atoms with Crippen LogP contribution in [0, 0.1) is 0 Å². The number of hydrogen-bond donors (Lipinski definition) is 2. The zero-order chi connectivity index (χ0) is 17.9. The van der Waals surface area contributed by atoms with Crippen LogP contribution in [0.1, 0.15) is 22.6 Å². The second-order valence-corrected chi connectivity index (χ2v) is 8.30. The lowest BCUT2D eigenvalue weighted by Gasteiger charge is -2.34. The summed E-state index contributed by atoms with van der Waals surface area (Å²) in [4.78, 5) is 0. The molecule has 3 rings (SSSR count). The van der Waals surface area contributed by atoms with Crippen molar-refractivity contribution in [2.45, 2.75) is 24.9 Å². The van der Waals surface area contributed by atoms with Gasteiger partial charge < -0.3 is 10.1 Å². The van der Waals surface area contributed by atoms with Gasteiger partial charge in [-0.1, -0.05) is 42.5 Å². The first-order valence-corrected chi connectivity index (χ1v) is 10.3. The molecule has 0 bridgehead atoms. The van der Waals surface area contributed by atoms with Crippen LogP contribution in [0.5, 0.6) is 5.75 Å². The molecule has 2 aromatic rings. The van der Waals surface area contributed by atoms with Gasteiger partial charge in [0.25, 0.3) is 0 Å². The van der Waals surface area contributed by atoms with Crippen molar-refractivity contribution in [2.24, 2.45) is 0 Å². The van der Waals surface area contributed by atoms with Crippen molar-refractivity contribution < 1.29 is 13.2 Å². The van der Waals surface area contributed by atoms with Crippen LogP contribution in [0.2, 0.25) is 0 Å². The minimum absolute atomic E-state index is 0.214. The molecule has 0 fully saturated rings. The highest BCUT2D eigenvalue weighted by Crippen LogP contribution is 2.36. The van der Waals surface area contributed by atoms with Gasteiger partial charge in [-0.2, -0.15) is 0 Å². The van der Waals surface area contributed by atoms with Crippen molar-refractivity contribution in [2.75, 3.05) is 19.9 Å². The number of rotatable bonds is 6. The lowest BCUT2D eigenvalue weighted by molar-refractivity contribution is 0.218. The Morgan fingerprint density at radius 1 is 1.12 bits per heavy atom. The number of benzene rings is 2. The Morgan fingerprint density at radius 3 is 2.56 bits per heavy atom. The molecule has 6 heteroatoms. The third-order valence-electron chi connectivity index (χ3n) is 4.59. The topological polar surface area (TPSA) is 67.4 Å². The minimum atomic E-state index is -3.21. The number of fused-ring (bicyclic) bond motifs is 1. The second kappa shape index (κ2) is 7.56. The summed E-state index contributed by atoms with van der Waals surface area (Å²) in [6, 6.07) is 16.5. The van der Waals surface area contributed by atoms with Gasteiger partial charge >= 0.3 is 0 Å². The molecule has 25 heavy (non-hydrogen) atoms. The highest BCUT2D eigenvalue weighted by atomic mass is 32.2. The molecule has 1 aliphatic heterocycles. The van der Waals surface area contributed by atoms with Crippen molar-refractivity contribution in [3.63, 3.8) is 0 Å². The van der Waals surface area contributed by atoms with Crippen LogP contribution in [0.3, 0.4) is 0 Å². The Bertz CT molecular complexity index is 822. The molecule has 0 aromatic heterocycles. The number of ether oxygens (including phenoxy) is 1. The van der Waals surface area contributed by atoms with E-state index >= 15 is 0 Å². The summed E-state index contributed by atoms with van der Waals surface area (Å²) in [6.45, 7) is 0.913. The Hall–Kier alpha value is -1.89. The lowest BCUT2D eigenvalue weighted by Crippen LogP contribution is -2.41. The number of likely N-dealkylation sites (N-methyl/N-ethyl adjacent to an activating group) is 1. The molecule has 134 valence electrons. The summed E-state index contributed by atoms with van der Waals surface area (Å²) < 4.78 is 31.1. The molecule has 0 aliphatic carbocycles. The molecule has 1 heterocycles. The fourth-order valence-corrected chi connectivity index (χ4v) is 3.69. The molecular formula is C19H24N2O3S. The maximum absolute atomic E-state index is 11.4. The van der Waals surface area contributed by atoms with E-state index in [1.807, 2.05) is 25.2 Å². The Kier molecular flexibility index (Phi) is 5.42. The lowest BCUT2D eigenvalue weighted by atomic mass is 9.83. The molecule has 2 aromatic carbocycles. The maximum atomic E-state index is 11.4. The average molecular weight is 360 g/mol. The third-order valence-corrected chi connectivity index (χ3v) is 5.25. The summed E-state index contributed by atoms with van der Waals surface area (Å²) in [5.41, 5.74) is 3.34. The van der Waals surface area contributed by atoms with Gasteiger partial charge in [0.1, 0.15) is 12.4 Å². The quantitative estimate of drug-likeness (QED) is 0.827. The first kappa shape index (κ1) is 17.9. The van der Waals surface area contributed by atoms with Gasteiger partial charge in [0, 0.05) is 18.5 Å². The molecule has 0 saturated carbocycles. The van der Waals surface area contributed by atoms with E-state index in [9.17, 15) is 8.42 Å². The summed E-state index contributed by atoms with van der Waals surface area (Å²) >= 11 is 0. The van der Waals surface area contributed by atoms with Crippen molar-refractivity contribution in [3.8, 4) is 5.75 Å². The summed E-state index contributed by atoms with van der Waals surface area (Å²) in [7, 11) is -1.26. The van der Waals surface area contributed by atoms with E-state index in [4.69, 9.17) is 4.74 Å². The fourth-order valence-electron chi connectivity index (χ4n) is 3.26. The van der Waals surface area contributed by atoms with Crippen molar-refractivity contribution in [1.29, 1.82) is 0 Å². The zero-order valence-electron chi connectivity index (χ0n) is 14.5. The first-order valence-electron chi connectivity index (χ1n) is 8.38. The molecule has 1 aliphatic rings. The van der Waals surface area contributed by atoms with Gasteiger partial charge in [0.2, 0.25) is 10.0 Å². The molecule has 2 atom stereocenters. The van der Waals surface area contributed by atoms with Crippen LogP contribution < -0.4 is 14.8 Å². The van der Waals surface area contributed by atoms with E-state index in [2.05, 4.69) is 40.4 Å². The normalized spacial score (nSPS) is 19.9. The molecule has 2 N–H and O–H groups in total. The smallest absolute Gasteiger partial charge is 0.209 e. The van der Waals surface area contributed by atoms with E-state index in [0.717, 1.165) is 23.3 Å². The molecule has 0 radical (unpaired) electrons. The van der Waals surface area contributed by atoms with Gasteiger partial charge in [-0.05, 0) is 36.2 Å². The molecule has 0 spiro atoms. The summed E-state index contributed by atoms with van der Waals surface area (Å²) in [5.74, 6) is 1.16. The van der Waals surface area contributed by atoms with E-state index in [0.29, 0.717) is 6.61 Å². The second-order valence-electron chi connectivity index (χ2n) is 6.47. The van der Waals surface area contributed by atoms with Crippen molar-refractivity contribution in [3.05, 3.63) is 65.2 Å². The van der Waals surface area contributed by atoms with E-state index in [1.54, 1.807) is 0 Å². The van der Waals surface area contributed by atoms with Crippen LogP contribution in [-0.4, -0.2) is 34.4 Å². The van der Waals surface area contributed by atoms with Crippen LogP contribution >= 0.6 is 0 Å². The zero-order valence-corrected chi connectivity index (χ0v) is 15.3. The molecule has 0 saturated heterocycles. The first-order chi connectivity index (χ1) is 12.0. The van der Waals surface area contributed by atoms with Gasteiger partial charge in [-0.15, -0.1) is 0 Å². The van der Waals surface area contributed by atoms with Gasteiger partial charge in [0.15, 0.2) is 0 Å².